The molecule has 0 radical (unpaired) electrons. The average molecular weight is 2070 g/mol. The third-order valence-electron chi connectivity index (χ3n) is 18.3. The van der Waals surface area contributed by atoms with Gasteiger partial charge in [-0.15, -0.1) is 13.2 Å². The normalized spacial score (nSPS) is 12.1. The van der Waals surface area contributed by atoms with Crippen molar-refractivity contribution in [2.24, 2.45) is 0 Å². The van der Waals surface area contributed by atoms with Crippen LogP contribution in [0.1, 0.15) is 328 Å². The first-order valence-corrected chi connectivity index (χ1v) is 46.2. The minimum absolute atomic E-state index is 0.0160. The molecule has 2 aromatic carbocycles. The Morgan fingerprint density at radius 2 is 0.885 bits per heavy atom. The molecule has 0 amide bonds. The molecule has 1 saturated carbocycles. The van der Waals surface area contributed by atoms with E-state index in [0.717, 1.165) is 65.9 Å². The molecule has 0 saturated heterocycles. The monoisotopic (exact) mass is 2070 g/mol. The van der Waals surface area contributed by atoms with E-state index in [1.165, 1.54) is 66.2 Å². The molecule has 131 heavy (non-hydrogen) atoms. The van der Waals surface area contributed by atoms with Crippen molar-refractivity contribution < 1.29 is 48.6 Å². The van der Waals surface area contributed by atoms with Gasteiger partial charge in [0.2, 0.25) is 5.95 Å². The van der Waals surface area contributed by atoms with Gasteiger partial charge in [-0.25, -0.2) is 48.1 Å². The van der Waals surface area contributed by atoms with Crippen LogP contribution in [0.3, 0.4) is 0 Å². The van der Waals surface area contributed by atoms with Gasteiger partial charge in [0.25, 0.3) is 0 Å². The number of alkyl halides is 6. The fourth-order valence-electron chi connectivity index (χ4n) is 10.5. The van der Waals surface area contributed by atoms with Crippen molar-refractivity contribution in [3.8, 4) is 11.8 Å². The lowest BCUT2D eigenvalue weighted by Crippen LogP contribution is -2.18. The number of hydrogen-bond donors (Lipinski definition) is 0. The van der Waals surface area contributed by atoms with Gasteiger partial charge >= 0.3 is 12.5 Å². The highest BCUT2D eigenvalue weighted by Crippen LogP contribution is 2.40. The Bertz CT molecular complexity index is 5170. The van der Waals surface area contributed by atoms with Crippen molar-refractivity contribution in [2.45, 2.75) is 301 Å². The molecular formula is C103H129Br3Cl3F10N11O. The molecule has 0 N–H and O–H groups in total. The number of halogens is 16. The first-order valence-electron chi connectivity index (χ1n) is 42.7. The second kappa shape index (κ2) is 53.1. The van der Waals surface area contributed by atoms with Crippen LogP contribution >= 0.6 is 82.6 Å². The van der Waals surface area contributed by atoms with E-state index >= 15 is 0 Å². The maximum Gasteiger partial charge on any atom is 0.573 e. The summed E-state index contributed by atoms with van der Waals surface area (Å²) in [7, 11) is 0. The topological polar surface area (TPSA) is 162 Å². The quantitative estimate of drug-likeness (QED) is 0.115. The van der Waals surface area contributed by atoms with Crippen LogP contribution in [0.5, 0.6) is 5.75 Å². The molecule has 12 rings (SSSR count). The number of pyridine rings is 8. The predicted octanol–water partition coefficient (Wildman–Crippen LogP) is 33.9. The van der Waals surface area contributed by atoms with Gasteiger partial charge in [-0.1, -0.05) is 296 Å². The third kappa shape index (κ3) is 46.4. The first kappa shape index (κ1) is 119. The van der Waals surface area contributed by atoms with Crippen molar-refractivity contribution in [3.63, 3.8) is 0 Å². The summed E-state index contributed by atoms with van der Waals surface area (Å²) in [5.41, 5.74) is 11.0. The maximum absolute atomic E-state index is 13.4. The van der Waals surface area contributed by atoms with Crippen LogP contribution < -0.4 is 4.74 Å². The molecule has 0 spiro atoms. The second-order valence-corrected chi connectivity index (χ2v) is 42.6. The molecule has 11 aromatic rings. The summed E-state index contributed by atoms with van der Waals surface area (Å²) in [5.74, 6) is -1.20. The van der Waals surface area contributed by atoms with Crippen molar-refractivity contribution >= 4 is 82.6 Å². The Morgan fingerprint density at radius 3 is 1.29 bits per heavy atom. The summed E-state index contributed by atoms with van der Waals surface area (Å²) in [4.78, 5) is 41.3. The zero-order chi connectivity index (χ0) is 101. The SMILES string of the molecule is CC(C)(C)c1cccc(C#N)n1.CC(C)(C)c1cccc(C2CC2)n1.CC(C)(C)c1cccc(Cl)c1F.CC(C)(C)c1cccc(Cl)n1.CC(C)(C)c1cccc(F)n1.CC(C)(C)c1cncc(Br)c1.CC(C)(C)c1nc(Cl)ccc1F.CC(C)c1cccc(Br)n1.CC(C)c1cccc(C(F)(F)F)n1.CC(C)c1cccc(OC(F)(F)F)c1F.Cc1ncc(C(C)C)nc1Br. The van der Waals surface area contributed by atoms with E-state index in [2.05, 4.69) is 232 Å². The Balaban J connectivity index is 0.000000488. The summed E-state index contributed by atoms with van der Waals surface area (Å²) in [6.45, 7) is 60.8. The molecule has 1 fully saturated rings. The van der Waals surface area contributed by atoms with Gasteiger partial charge in [0, 0.05) is 95.9 Å². The van der Waals surface area contributed by atoms with Gasteiger partial charge in [0.15, 0.2) is 11.6 Å². The molecule has 0 bridgehead atoms. The summed E-state index contributed by atoms with van der Waals surface area (Å²) >= 11 is 27.1. The predicted molar refractivity (Wildman–Crippen MR) is 527 cm³/mol. The van der Waals surface area contributed by atoms with Crippen molar-refractivity contribution in [1.82, 2.24) is 49.8 Å². The van der Waals surface area contributed by atoms with Crippen molar-refractivity contribution in [2.75, 3.05) is 0 Å². The fraction of sp³-hybridized carbons (Fsp3) is 0.447. The third-order valence-corrected chi connectivity index (χ3v) is 20.7. The highest BCUT2D eigenvalue weighted by Gasteiger charge is 2.34. The van der Waals surface area contributed by atoms with E-state index in [4.69, 9.17) is 45.0 Å². The summed E-state index contributed by atoms with van der Waals surface area (Å²) < 4.78 is 131. The number of nitriles is 1. The summed E-state index contributed by atoms with van der Waals surface area (Å²) in [6.07, 6.45) is -1.01. The minimum Gasteiger partial charge on any atom is -0.403 e. The smallest absolute Gasteiger partial charge is 0.403 e. The van der Waals surface area contributed by atoms with Crippen LogP contribution in [-0.2, 0) is 44.1 Å². The molecule has 9 aromatic heterocycles. The van der Waals surface area contributed by atoms with Crippen LogP contribution in [0.2, 0.25) is 15.3 Å². The maximum atomic E-state index is 13.4. The van der Waals surface area contributed by atoms with E-state index in [0.29, 0.717) is 44.8 Å². The molecule has 1 aliphatic carbocycles. The van der Waals surface area contributed by atoms with E-state index < -0.39 is 35.7 Å². The lowest BCUT2D eigenvalue weighted by molar-refractivity contribution is -0.275. The van der Waals surface area contributed by atoms with E-state index in [1.807, 2.05) is 150 Å². The second-order valence-electron chi connectivity index (χ2n) is 39.0. The first-order chi connectivity index (χ1) is 60.0. The lowest BCUT2D eigenvalue weighted by atomic mass is 9.87. The zero-order valence-electron chi connectivity index (χ0n) is 81.0. The van der Waals surface area contributed by atoms with Crippen molar-refractivity contribution in [3.05, 3.63) is 320 Å². The molecule has 714 valence electrons. The number of nitrogens with zero attached hydrogens (tertiary/aromatic N) is 11. The summed E-state index contributed by atoms with van der Waals surface area (Å²) in [6, 6.07) is 48.2. The van der Waals surface area contributed by atoms with Gasteiger partial charge in [-0.3, -0.25) is 15.0 Å². The van der Waals surface area contributed by atoms with Crippen molar-refractivity contribution in [1.29, 1.82) is 5.26 Å². The molecular weight excluding hydrogens is 1940 g/mol. The largest absolute Gasteiger partial charge is 0.573 e. The lowest BCUT2D eigenvalue weighted by Gasteiger charge is -2.19. The van der Waals surface area contributed by atoms with Gasteiger partial charge < -0.3 is 4.74 Å². The minimum atomic E-state index is -4.86. The molecule has 0 aliphatic heterocycles. The Hall–Kier alpha value is -8.38. The number of aryl methyl sites for hydroxylation is 1. The number of rotatable bonds is 6. The van der Waals surface area contributed by atoms with Crippen LogP contribution in [-0.4, -0.2) is 56.2 Å². The molecule has 0 atom stereocenters. The van der Waals surface area contributed by atoms with Gasteiger partial charge in [0.1, 0.15) is 48.6 Å². The van der Waals surface area contributed by atoms with E-state index in [-0.39, 0.29) is 72.0 Å². The molecule has 12 nitrogen and oxygen atoms in total. The van der Waals surface area contributed by atoms with Crippen LogP contribution in [0.4, 0.5) is 43.9 Å². The van der Waals surface area contributed by atoms with E-state index in [9.17, 15) is 43.9 Å². The van der Waals surface area contributed by atoms with E-state index in [1.54, 1.807) is 62.5 Å². The summed E-state index contributed by atoms with van der Waals surface area (Å²) in [5, 5.41) is 9.71. The van der Waals surface area contributed by atoms with Crippen LogP contribution in [0, 0.1) is 41.7 Å². The average Bonchev–Trinajstić information content (AvgIpc) is 1.78. The zero-order valence-corrected chi connectivity index (χ0v) is 88.0. The van der Waals surface area contributed by atoms with Gasteiger partial charge in [-0.05, 0) is 222 Å². The molecule has 9 heterocycles. The fourth-order valence-corrected chi connectivity index (χ4v) is 12.0. The highest BCUT2D eigenvalue weighted by molar-refractivity contribution is 9.11. The van der Waals surface area contributed by atoms with Gasteiger partial charge in [-0.2, -0.15) is 22.8 Å². The highest BCUT2D eigenvalue weighted by atomic mass is 79.9. The number of ether oxygens (including phenoxy) is 1. The molecule has 28 heteroatoms. The Morgan fingerprint density at radius 1 is 0.420 bits per heavy atom. The Labute approximate surface area is 812 Å². The van der Waals surface area contributed by atoms with Gasteiger partial charge in [0.05, 0.1) is 22.1 Å². The van der Waals surface area contributed by atoms with Crippen LogP contribution in [0.15, 0.2) is 196 Å². The number of hydrogen-bond acceptors (Lipinski definition) is 12. The standard InChI is InChI=1S/C12H17N.C10H12ClF.C10H10F4O.C10H12N2.C9H12BrN.C9H11ClFN.C9H12ClN.C9H10F3N.C9H12FN.C8H11BrN2.C8H10BrN/c1-12(2,3)11-6-4-5-10(13-11)9-7-8-9;1-10(2,3)7-5-4-6-8(11)9(7)12;1-6(2)7-4-3-5-8(9(7)11)15-10(12,13)14;1-10(2,3)9-6-4-5-8(7-11)12-9;1-9(2,3)7-4-8(10)6-11-5-7;1-9(2,3)8-6(11)4-5-7(10)12-8;1-9(2,3)7-5-4-6-8(10)11-7;1-6(2)7-4-3-5-8(13-7)9(10,11)12;1-9(2,3)7-5-4-6-8(10)11-7;1-5(2)7-4-10-6(3)8(9)11-7;1-6(2)7-4-3-5-8(9)10-7/h4-6,9H,7-8H2,1-3H3;4-6H,1-3H3;3-6H,1-2H3;4-6H,1-3H3;4-6H,1-3H3;4-5H,1-3H3;4-6H,1-3H3;3-6H,1-2H3;4-6H,1-3H3;4-5H,1-3H3;3-6H,1-2H3. The molecule has 0 unspecified atom stereocenters. The Kier molecular flexibility index (Phi) is 48.1. The van der Waals surface area contributed by atoms with Crippen LogP contribution in [0.25, 0.3) is 0 Å². The molecule has 1 aliphatic rings. The number of benzene rings is 2. The number of aromatic nitrogens is 10.